The van der Waals surface area contributed by atoms with Gasteiger partial charge in [-0.25, -0.2) is 11.4 Å². The van der Waals surface area contributed by atoms with E-state index in [4.69, 9.17) is 20.7 Å². The predicted octanol–water partition coefficient (Wildman–Crippen LogP) is 1.81. The van der Waals surface area contributed by atoms with Gasteiger partial charge in [0.15, 0.2) is 0 Å². The fourth-order valence-electron chi connectivity index (χ4n) is 2.87. The zero-order valence-electron chi connectivity index (χ0n) is 15.1. The molecule has 0 bridgehead atoms. The number of carbonyl (C=O) groups is 3. The average Bonchev–Trinajstić information content (AvgIpc) is 2.59. The van der Waals surface area contributed by atoms with Crippen LogP contribution in [0.2, 0.25) is 5.82 Å². The molecule has 0 aliphatic carbocycles. The van der Waals surface area contributed by atoms with Gasteiger partial charge in [0, 0.05) is 26.1 Å². The van der Waals surface area contributed by atoms with E-state index in [0.29, 0.717) is 12.0 Å². The van der Waals surface area contributed by atoms with Gasteiger partial charge in [-0.05, 0) is 18.1 Å². The third-order valence-electron chi connectivity index (χ3n) is 4.04. The van der Waals surface area contributed by atoms with Gasteiger partial charge in [-0.3, -0.25) is 9.59 Å². The van der Waals surface area contributed by atoms with Gasteiger partial charge < -0.3 is 24.0 Å². The maximum Gasteiger partial charge on any atom is 0.526 e. The first-order valence-electron chi connectivity index (χ1n) is 8.51. The molecular formula is C18H20BNO7. The summed E-state index contributed by atoms with van der Waals surface area (Å²) in [6.07, 6.45) is -0.484. The summed E-state index contributed by atoms with van der Waals surface area (Å²) in [6.45, 7) is 9.46. The van der Waals surface area contributed by atoms with E-state index in [1.54, 1.807) is 12.1 Å². The van der Waals surface area contributed by atoms with Crippen LogP contribution in [0.25, 0.3) is 4.85 Å². The third kappa shape index (κ3) is 5.56. The number of benzene rings is 1. The molecule has 1 unspecified atom stereocenters. The number of para-hydroxylation sites is 1. The molecule has 0 saturated carbocycles. The average molecular weight is 373 g/mol. The van der Waals surface area contributed by atoms with E-state index in [9.17, 15) is 19.4 Å². The lowest BCUT2D eigenvalue weighted by molar-refractivity contribution is -0.162. The Kier molecular flexibility index (Phi) is 6.96. The van der Waals surface area contributed by atoms with Crippen LogP contribution >= 0.6 is 0 Å². The standard InChI is InChI=1S/C18H20BNO7/c1-11(21)25-12(2)26-18(23)16-6-4-5-13-9-14(19(24)27-17(13)16)10-15(22)7-8-20-3/h4-6,12,14,24H,7-10H2,1-2H3/t12?,14-/m1/s1. The van der Waals surface area contributed by atoms with Crippen molar-refractivity contribution in [1.82, 2.24) is 0 Å². The summed E-state index contributed by atoms with van der Waals surface area (Å²) in [4.78, 5) is 38.3. The second-order valence-corrected chi connectivity index (χ2v) is 6.22. The minimum Gasteiger partial charge on any atom is -0.535 e. The summed E-state index contributed by atoms with van der Waals surface area (Å²) < 4.78 is 15.3. The van der Waals surface area contributed by atoms with Crippen molar-refractivity contribution >= 4 is 24.8 Å². The van der Waals surface area contributed by atoms with Gasteiger partial charge in [-0.15, -0.1) is 0 Å². The first-order valence-corrected chi connectivity index (χ1v) is 8.51. The fraction of sp³-hybridized carbons (Fsp3) is 0.444. The van der Waals surface area contributed by atoms with Gasteiger partial charge >= 0.3 is 19.1 Å². The molecular weight excluding hydrogens is 353 g/mol. The van der Waals surface area contributed by atoms with Crippen molar-refractivity contribution in [2.75, 3.05) is 6.54 Å². The van der Waals surface area contributed by atoms with Crippen molar-refractivity contribution in [3.8, 4) is 5.75 Å². The Morgan fingerprint density at radius 1 is 1.41 bits per heavy atom. The van der Waals surface area contributed by atoms with E-state index in [2.05, 4.69) is 4.85 Å². The third-order valence-corrected chi connectivity index (χ3v) is 4.04. The van der Waals surface area contributed by atoms with E-state index in [1.807, 2.05) is 0 Å². The second kappa shape index (κ2) is 9.19. The number of hydrogen-bond donors (Lipinski definition) is 1. The minimum atomic E-state index is -1.26. The molecule has 142 valence electrons. The Labute approximate surface area is 157 Å². The Morgan fingerprint density at radius 2 is 2.15 bits per heavy atom. The fourth-order valence-corrected chi connectivity index (χ4v) is 2.87. The lowest BCUT2D eigenvalue weighted by atomic mass is 9.64. The van der Waals surface area contributed by atoms with Crippen LogP contribution in [0.5, 0.6) is 5.75 Å². The molecule has 2 rings (SSSR count). The molecule has 1 N–H and O–H groups in total. The summed E-state index contributed by atoms with van der Waals surface area (Å²) in [7, 11) is -1.26. The van der Waals surface area contributed by atoms with Crippen LogP contribution < -0.4 is 4.65 Å². The van der Waals surface area contributed by atoms with Crippen LogP contribution in [-0.4, -0.2) is 42.7 Å². The Morgan fingerprint density at radius 3 is 2.81 bits per heavy atom. The lowest BCUT2D eigenvalue weighted by Crippen LogP contribution is -2.36. The molecule has 1 aliphatic rings. The van der Waals surface area contributed by atoms with Crippen LogP contribution in [0.3, 0.4) is 0 Å². The number of ether oxygens (including phenoxy) is 2. The molecule has 0 aromatic heterocycles. The lowest BCUT2D eigenvalue weighted by Gasteiger charge is -2.28. The highest BCUT2D eigenvalue weighted by Crippen LogP contribution is 2.36. The van der Waals surface area contributed by atoms with E-state index in [0.717, 1.165) is 0 Å². The molecule has 27 heavy (non-hydrogen) atoms. The van der Waals surface area contributed by atoms with Crippen molar-refractivity contribution in [2.24, 2.45) is 0 Å². The van der Waals surface area contributed by atoms with Gasteiger partial charge in [0.2, 0.25) is 12.8 Å². The summed E-state index contributed by atoms with van der Waals surface area (Å²) in [5.41, 5.74) is 0.765. The molecule has 0 spiro atoms. The number of Topliss-reactive ketones (excluding diaryl/α,β-unsaturated/α-hetero) is 1. The maximum absolute atomic E-state index is 12.3. The van der Waals surface area contributed by atoms with Gasteiger partial charge in [0.25, 0.3) is 0 Å². The second-order valence-electron chi connectivity index (χ2n) is 6.22. The molecule has 1 aromatic carbocycles. The van der Waals surface area contributed by atoms with Crippen molar-refractivity contribution in [1.29, 1.82) is 0 Å². The molecule has 8 nitrogen and oxygen atoms in total. The van der Waals surface area contributed by atoms with Crippen LogP contribution in [0.15, 0.2) is 18.2 Å². The summed E-state index contributed by atoms with van der Waals surface area (Å²) in [6, 6.07) is 4.87. The molecule has 9 heteroatoms. The SMILES string of the molecule is [C-]#[N+]CCC(=O)C[C@H]1Cc2cccc(C(=O)OC(C)OC(C)=O)c2OB1O. The normalized spacial score (nSPS) is 16.4. The molecule has 0 fully saturated rings. The Balaban J connectivity index is 2.11. The number of hydrogen-bond acceptors (Lipinski definition) is 7. The number of esters is 2. The minimum absolute atomic E-state index is 0.0916. The summed E-state index contributed by atoms with van der Waals surface area (Å²) in [5.74, 6) is -1.72. The smallest absolute Gasteiger partial charge is 0.526 e. The monoisotopic (exact) mass is 373 g/mol. The number of fused-ring (bicyclic) bond motifs is 1. The van der Waals surface area contributed by atoms with Crippen LogP contribution in [0, 0.1) is 6.57 Å². The molecule has 0 radical (unpaired) electrons. The number of rotatable bonds is 7. The first-order chi connectivity index (χ1) is 12.8. The van der Waals surface area contributed by atoms with Crippen molar-refractivity contribution in [2.45, 2.75) is 45.2 Å². The van der Waals surface area contributed by atoms with Gasteiger partial charge in [0.05, 0.1) is 6.42 Å². The molecule has 1 aromatic rings. The Hall–Kier alpha value is -2.86. The van der Waals surface area contributed by atoms with Gasteiger partial charge in [0.1, 0.15) is 17.1 Å². The van der Waals surface area contributed by atoms with Crippen LogP contribution in [0.4, 0.5) is 0 Å². The number of ketones is 1. The molecule has 0 saturated heterocycles. The largest absolute Gasteiger partial charge is 0.535 e. The molecule has 0 amide bonds. The van der Waals surface area contributed by atoms with Gasteiger partial charge in [-0.2, -0.15) is 0 Å². The van der Waals surface area contributed by atoms with Crippen molar-refractivity contribution in [3.05, 3.63) is 40.7 Å². The molecule has 1 aliphatic heterocycles. The van der Waals surface area contributed by atoms with E-state index >= 15 is 0 Å². The zero-order chi connectivity index (χ0) is 20.0. The summed E-state index contributed by atoms with van der Waals surface area (Å²) in [5, 5.41) is 10.2. The van der Waals surface area contributed by atoms with Crippen LogP contribution in [-0.2, 0) is 25.5 Å². The Bertz CT molecular complexity index is 773. The van der Waals surface area contributed by atoms with Crippen molar-refractivity contribution < 1.29 is 33.5 Å². The highest BCUT2D eigenvalue weighted by Gasteiger charge is 2.38. The van der Waals surface area contributed by atoms with Crippen LogP contribution in [0.1, 0.15) is 42.6 Å². The first kappa shape index (κ1) is 20.5. The highest BCUT2D eigenvalue weighted by atomic mass is 16.7. The summed E-state index contributed by atoms with van der Waals surface area (Å²) >= 11 is 0. The van der Waals surface area contributed by atoms with E-state index < -0.39 is 31.2 Å². The highest BCUT2D eigenvalue weighted by molar-refractivity contribution is 6.47. The van der Waals surface area contributed by atoms with E-state index in [1.165, 1.54) is 19.9 Å². The number of nitrogens with zero attached hydrogens (tertiary/aromatic N) is 1. The van der Waals surface area contributed by atoms with Gasteiger partial charge in [-0.1, -0.05) is 12.1 Å². The topological polar surface area (TPSA) is 103 Å². The zero-order valence-corrected chi connectivity index (χ0v) is 15.1. The van der Waals surface area contributed by atoms with E-state index in [-0.39, 0.29) is 36.5 Å². The maximum atomic E-state index is 12.3. The van der Waals surface area contributed by atoms with Crippen molar-refractivity contribution in [3.63, 3.8) is 0 Å². The quantitative estimate of drug-likeness (QED) is 0.336. The number of carbonyl (C=O) groups excluding carboxylic acids is 3. The predicted molar refractivity (Wildman–Crippen MR) is 94.9 cm³/mol. The molecule has 1 heterocycles. The molecule has 2 atom stereocenters.